The lowest BCUT2D eigenvalue weighted by Gasteiger charge is -2.23. The highest BCUT2D eigenvalue weighted by Gasteiger charge is 2.18. The Morgan fingerprint density at radius 1 is 1.22 bits per heavy atom. The van der Waals surface area contributed by atoms with Crippen LogP contribution < -0.4 is 5.32 Å². The molecule has 0 spiro atoms. The smallest absolute Gasteiger partial charge is 0.0923 e. The Kier molecular flexibility index (Phi) is 4.14. The molecule has 56 valence electrons. The second-order valence-electron chi connectivity index (χ2n) is 2.13. The van der Waals surface area contributed by atoms with Crippen LogP contribution in [0, 0.1) is 0 Å². The zero-order valence-electron chi connectivity index (χ0n) is 5.08. The molecule has 0 radical (unpaired) electrons. The molecule has 9 heavy (non-hydrogen) atoms. The van der Waals surface area contributed by atoms with Crippen molar-refractivity contribution in [1.82, 2.24) is 5.32 Å². The molecule has 1 aliphatic heterocycles. The average Bonchev–Trinajstić information content (AvgIpc) is 1.77. The monoisotopic (exact) mass is 153 g/mol. The van der Waals surface area contributed by atoms with Gasteiger partial charge in [0.15, 0.2) is 0 Å². The second kappa shape index (κ2) is 4.06. The Morgan fingerprint density at radius 3 is 2.22 bits per heavy atom. The lowest BCUT2D eigenvalue weighted by atomic mass is 10.1. The molecule has 0 aromatic rings. The predicted octanol–water partition coefficient (Wildman–Crippen LogP) is -0.877. The summed E-state index contributed by atoms with van der Waals surface area (Å²) in [5.74, 6) is 0. The fourth-order valence-electron chi connectivity index (χ4n) is 0.828. The molecule has 0 amide bonds. The van der Waals surface area contributed by atoms with Crippen molar-refractivity contribution in [2.24, 2.45) is 0 Å². The molecule has 1 heterocycles. The average molecular weight is 154 g/mol. The van der Waals surface area contributed by atoms with Gasteiger partial charge in [-0.1, -0.05) is 0 Å². The highest BCUT2D eigenvalue weighted by atomic mass is 35.5. The van der Waals surface area contributed by atoms with Crippen LogP contribution in [0.3, 0.4) is 0 Å². The van der Waals surface area contributed by atoms with Crippen LogP contribution in [0.25, 0.3) is 0 Å². The number of hydrogen-bond donors (Lipinski definition) is 3. The van der Waals surface area contributed by atoms with E-state index < -0.39 is 12.2 Å². The third kappa shape index (κ3) is 2.49. The minimum absolute atomic E-state index is 0. The summed E-state index contributed by atoms with van der Waals surface area (Å²) >= 11 is 0. The Labute approximate surface area is 60.5 Å². The first-order chi connectivity index (χ1) is 3.80. The highest BCUT2D eigenvalue weighted by Crippen LogP contribution is 2.01. The third-order valence-electron chi connectivity index (χ3n) is 1.41. The maximum Gasteiger partial charge on any atom is 0.0923 e. The van der Waals surface area contributed by atoms with Crippen LogP contribution in [0.2, 0.25) is 0 Å². The quantitative estimate of drug-likeness (QED) is 0.424. The van der Waals surface area contributed by atoms with Gasteiger partial charge in [-0.15, -0.1) is 12.4 Å². The van der Waals surface area contributed by atoms with Gasteiger partial charge in [-0.05, 0) is 13.0 Å². The van der Waals surface area contributed by atoms with E-state index in [1.165, 1.54) is 0 Å². The van der Waals surface area contributed by atoms with Crippen LogP contribution in [-0.4, -0.2) is 35.5 Å². The summed E-state index contributed by atoms with van der Waals surface area (Å²) in [7, 11) is 0. The topological polar surface area (TPSA) is 52.5 Å². The summed E-state index contributed by atoms with van der Waals surface area (Å²) in [6.07, 6.45) is -0.388. The minimum Gasteiger partial charge on any atom is -0.390 e. The molecular formula is C5H12ClNO2. The molecule has 1 rings (SSSR count). The van der Waals surface area contributed by atoms with Crippen molar-refractivity contribution in [3.63, 3.8) is 0 Å². The Bertz CT molecular complexity index is 71.4. The summed E-state index contributed by atoms with van der Waals surface area (Å²) in [6.45, 7) is 1.35. The first-order valence-electron chi connectivity index (χ1n) is 2.87. The van der Waals surface area contributed by atoms with Crippen LogP contribution in [0.1, 0.15) is 6.42 Å². The lowest BCUT2D eigenvalue weighted by molar-refractivity contribution is 0.000433. The van der Waals surface area contributed by atoms with E-state index in [1.54, 1.807) is 0 Å². The number of halogens is 1. The normalized spacial score (nSPS) is 35.3. The van der Waals surface area contributed by atoms with Crippen molar-refractivity contribution in [1.29, 1.82) is 0 Å². The Morgan fingerprint density at radius 2 is 1.89 bits per heavy atom. The van der Waals surface area contributed by atoms with Crippen LogP contribution >= 0.6 is 12.4 Å². The molecule has 0 aromatic heterocycles. The van der Waals surface area contributed by atoms with E-state index in [2.05, 4.69) is 5.32 Å². The van der Waals surface area contributed by atoms with E-state index in [0.29, 0.717) is 13.0 Å². The van der Waals surface area contributed by atoms with E-state index in [1.807, 2.05) is 0 Å². The van der Waals surface area contributed by atoms with Crippen LogP contribution in [0.4, 0.5) is 0 Å². The summed E-state index contributed by atoms with van der Waals surface area (Å²) in [4.78, 5) is 0. The Hall–Kier alpha value is 0.170. The number of β-amino-alcohol motifs (C(OH)–C–C–N with tert-alkyl or cyclic N) is 1. The summed E-state index contributed by atoms with van der Waals surface area (Å²) < 4.78 is 0. The third-order valence-corrected chi connectivity index (χ3v) is 1.41. The molecule has 2 atom stereocenters. The zero-order valence-corrected chi connectivity index (χ0v) is 5.90. The van der Waals surface area contributed by atoms with Gasteiger partial charge >= 0.3 is 0 Å². The van der Waals surface area contributed by atoms with Gasteiger partial charge < -0.3 is 15.5 Å². The van der Waals surface area contributed by atoms with Crippen LogP contribution in [0.15, 0.2) is 0 Å². The van der Waals surface area contributed by atoms with Crippen molar-refractivity contribution in [3.8, 4) is 0 Å². The second-order valence-corrected chi connectivity index (χ2v) is 2.13. The first-order valence-corrected chi connectivity index (χ1v) is 2.87. The van der Waals surface area contributed by atoms with Gasteiger partial charge in [0.05, 0.1) is 12.2 Å². The minimum atomic E-state index is -0.552. The molecule has 0 aromatic carbocycles. The van der Waals surface area contributed by atoms with Crippen LogP contribution in [0.5, 0.6) is 0 Å². The van der Waals surface area contributed by atoms with E-state index in [4.69, 9.17) is 10.2 Å². The molecule has 1 saturated heterocycles. The molecule has 1 fully saturated rings. The van der Waals surface area contributed by atoms with Crippen molar-refractivity contribution in [2.75, 3.05) is 13.1 Å². The van der Waals surface area contributed by atoms with E-state index in [0.717, 1.165) is 6.54 Å². The van der Waals surface area contributed by atoms with Gasteiger partial charge in [-0.25, -0.2) is 0 Å². The van der Waals surface area contributed by atoms with Gasteiger partial charge in [0.1, 0.15) is 0 Å². The first kappa shape index (κ1) is 9.17. The van der Waals surface area contributed by atoms with Gasteiger partial charge in [-0.2, -0.15) is 0 Å². The maximum absolute atomic E-state index is 8.89. The number of aliphatic hydroxyl groups excluding tert-OH is 2. The molecule has 3 nitrogen and oxygen atoms in total. The fraction of sp³-hybridized carbons (Fsp3) is 1.00. The number of hydrogen-bond acceptors (Lipinski definition) is 3. The van der Waals surface area contributed by atoms with E-state index >= 15 is 0 Å². The van der Waals surface area contributed by atoms with Crippen molar-refractivity contribution in [2.45, 2.75) is 18.6 Å². The molecule has 1 aliphatic rings. The van der Waals surface area contributed by atoms with Gasteiger partial charge in [0.25, 0.3) is 0 Å². The molecule has 0 bridgehead atoms. The SMILES string of the molecule is Cl.O[C@H]1CCNC[C@@H]1O. The fourth-order valence-corrected chi connectivity index (χ4v) is 0.828. The molecular weight excluding hydrogens is 142 g/mol. The highest BCUT2D eigenvalue weighted by molar-refractivity contribution is 5.85. The standard InChI is InChI=1S/C5H11NO2.ClH/c7-4-1-2-6-3-5(4)8;/h4-8H,1-3H2;1H/t4-,5-;/m0./s1. The number of aliphatic hydroxyl groups is 2. The largest absolute Gasteiger partial charge is 0.390 e. The maximum atomic E-state index is 8.89. The molecule has 0 aliphatic carbocycles. The predicted molar refractivity (Wildman–Crippen MR) is 36.7 cm³/mol. The van der Waals surface area contributed by atoms with Crippen molar-refractivity contribution < 1.29 is 10.2 Å². The van der Waals surface area contributed by atoms with E-state index in [9.17, 15) is 0 Å². The van der Waals surface area contributed by atoms with Gasteiger partial charge in [0.2, 0.25) is 0 Å². The zero-order chi connectivity index (χ0) is 5.98. The van der Waals surface area contributed by atoms with Crippen molar-refractivity contribution >= 4 is 12.4 Å². The lowest BCUT2D eigenvalue weighted by Crippen LogP contribution is -2.43. The number of nitrogens with one attached hydrogen (secondary N) is 1. The summed E-state index contributed by atoms with van der Waals surface area (Å²) in [5, 5.41) is 20.7. The molecule has 3 N–H and O–H groups in total. The Balaban J connectivity index is 0.000000640. The van der Waals surface area contributed by atoms with Crippen LogP contribution in [-0.2, 0) is 0 Å². The number of rotatable bonds is 0. The molecule has 4 heteroatoms. The van der Waals surface area contributed by atoms with Crippen molar-refractivity contribution in [3.05, 3.63) is 0 Å². The molecule has 0 unspecified atom stereocenters. The van der Waals surface area contributed by atoms with E-state index in [-0.39, 0.29) is 12.4 Å². The summed E-state index contributed by atoms with van der Waals surface area (Å²) in [5.41, 5.74) is 0. The van der Waals surface area contributed by atoms with Gasteiger partial charge in [-0.3, -0.25) is 0 Å². The number of piperidine rings is 1. The van der Waals surface area contributed by atoms with Gasteiger partial charge in [0, 0.05) is 6.54 Å². The summed E-state index contributed by atoms with van der Waals surface area (Å²) in [6, 6.07) is 0. The molecule has 0 saturated carbocycles.